The Bertz CT molecular complexity index is 674. The van der Waals surface area contributed by atoms with E-state index in [0.29, 0.717) is 27.8 Å². The SMILES string of the molecule is FC(F)(F)c1ncc(CN2CCNCC2c2cccc(Cl)c2)s1. The van der Waals surface area contributed by atoms with Crippen LogP contribution in [0.25, 0.3) is 0 Å². The summed E-state index contributed by atoms with van der Waals surface area (Å²) in [4.78, 5) is 6.27. The number of thiazole rings is 1. The minimum atomic E-state index is -4.38. The number of alkyl halides is 3. The summed E-state index contributed by atoms with van der Waals surface area (Å²) in [7, 11) is 0. The highest BCUT2D eigenvalue weighted by atomic mass is 35.5. The normalized spacial score (nSPS) is 19.9. The molecule has 0 aliphatic carbocycles. The second kappa shape index (κ2) is 6.76. The standard InChI is InChI=1S/C15H15ClF3N3S/c16-11-3-1-2-10(6-11)13-8-20-4-5-22(13)9-12-7-21-14(23-12)15(17,18)19/h1-3,6-7,13,20H,4-5,8-9H2. The van der Waals surface area contributed by atoms with Gasteiger partial charge in [-0.3, -0.25) is 4.90 Å². The lowest BCUT2D eigenvalue weighted by Gasteiger charge is -2.36. The molecule has 8 heteroatoms. The first kappa shape index (κ1) is 16.7. The van der Waals surface area contributed by atoms with E-state index in [1.54, 1.807) is 0 Å². The zero-order valence-electron chi connectivity index (χ0n) is 12.1. The molecule has 0 spiro atoms. The Kier molecular flexibility index (Phi) is 4.91. The second-order valence-electron chi connectivity index (χ2n) is 5.37. The molecule has 1 aliphatic rings. The van der Waals surface area contributed by atoms with Crippen LogP contribution in [0.2, 0.25) is 5.02 Å². The fraction of sp³-hybridized carbons (Fsp3) is 0.400. The Labute approximate surface area is 141 Å². The maximum Gasteiger partial charge on any atom is 0.443 e. The molecule has 3 rings (SSSR count). The van der Waals surface area contributed by atoms with Crippen molar-refractivity contribution in [3.8, 4) is 0 Å². The molecule has 1 atom stereocenters. The van der Waals surface area contributed by atoms with Crippen molar-refractivity contribution in [2.45, 2.75) is 18.8 Å². The first-order valence-electron chi connectivity index (χ1n) is 7.15. The van der Waals surface area contributed by atoms with E-state index in [2.05, 4.69) is 15.2 Å². The minimum absolute atomic E-state index is 0.0823. The van der Waals surface area contributed by atoms with E-state index in [1.165, 1.54) is 6.20 Å². The summed E-state index contributed by atoms with van der Waals surface area (Å²) in [5.74, 6) is 0. The molecule has 1 fully saturated rings. The van der Waals surface area contributed by atoms with Crippen molar-refractivity contribution in [3.05, 3.63) is 50.9 Å². The lowest BCUT2D eigenvalue weighted by Crippen LogP contribution is -2.45. The van der Waals surface area contributed by atoms with Crippen LogP contribution < -0.4 is 5.32 Å². The van der Waals surface area contributed by atoms with Crippen molar-refractivity contribution in [2.75, 3.05) is 19.6 Å². The first-order valence-corrected chi connectivity index (χ1v) is 8.35. The molecular weight excluding hydrogens is 347 g/mol. The molecule has 0 saturated carbocycles. The van der Waals surface area contributed by atoms with Gasteiger partial charge in [-0.25, -0.2) is 4.98 Å². The molecule has 3 nitrogen and oxygen atoms in total. The minimum Gasteiger partial charge on any atom is -0.314 e. The molecule has 0 bridgehead atoms. The third-order valence-corrected chi connectivity index (χ3v) is 5.00. The van der Waals surface area contributed by atoms with Gasteiger partial charge in [-0.1, -0.05) is 23.7 Å². The molecule has 1 aliphatic heterocycles. The van der Waals surface area contributed by atoms with E-state index in [1.807, 2.05) is 24.3 Å². The first-order chi connectivity index (χ1) is 10.9. The zero-order valence-corrected chi connectivity index (χ0v) is 13.7. The second-order valence-corrected chi connectivity index (χ2v) is 6.93. The summed E-state index contributed by atoms with van der Waals surface area (Å²) in [5, 5.41) is 3.19. The van der Waals surface area contributed by atoms with Crippen molar-refractivity contribution in [1.82, 2.24) is 15.2 Å². The molecule has 1 saturated heterocycles. The van der Waals surface area contributed by atoms with Gasteiger partial charge < -0.3 is 5.32 Å². The van der Waals surface area contributed by atoms with Crippen molar-refractivity contribution < 1.29 is 13.2 Å². The van der Waals surface area contributed by atoms with Gasteiger partial charge in [0.05, 0.1) is 0 Å². The summed E-state index contributed by atoms with van der Waals surface area (Å²) >= 11 is 6.76. The third-order valence-electron chi connectivity index (χ3n) is 3.74. The van der Waals surface area contributed by atoms with E-state index in [-0.39, 0.29) is 6.04 Å². The summed E-state index contributed by atoms with van der Waals surface area (Å²) in [6.07, 6.45) is -3.05. The number of hydrogen-bond acceptors (Lipinski definition) is 4. The molecular formula is C15H15ClF3N3S. The van der Waals surface area contributed by atoms with Gasteiger partial charge in [0.1, 0.15) is 0 Å². The van der Waals surface area contributed by atoms with Gasteiger partial charge in [0, 0.05) is 48.3 Å². The van der Waals surface area contributed by atoms with Crippen LogP contribution in [-0.2, 0) is 12.7 Å². The number of nitrogens with one attached hydrogen (secondary N) is 1. The number of nitrogens with zero attached hydrogens (tertiary/aromatic N) is 2. The number of aromatic nitrogens is 1. The van der Waals surface area contributed by atoms with Gasteiger partial charge in [0.15, 0.2) is 5.01 Å². The number of hydrogen-bond donors (Lipinski definition) is 1. The van der Waals surface area contributed by atoms with Crippen molar-refractivity contribution in [3.63, 3.8) is 0 Å². The Morgan fingerprint density at radius 2 is 2.22 bits per heavy atom. The lowest BCUT2D eigenvalue weighted by atomic mass is 10.0. The monoisotopic (exact) mass is 361 g/mol. The van der Waals surface area contributed by atoms with Crippen molar-refractivity contribution in [2.24, 2.45) is 0 Å². The Balaban J connectivity index is 1.78. The van der Waals surface area contributed by atoms with Gasteiger partial charge in [0.2, 0.25) is 0 Å². The van der Waals surface area contributed by atoms with Crippen molar-refractivity contribution in [1.29, 1.82) is 0 Å². The highest BCUT2D eigenvalue weighted by Crippen LogP contribution is 2.34. The molecule has 124 valence electrons. The topological polar surface area (TPSA) is 28.2 Å². The highest BCUT2D eigenvalue weighted by Gasteiger charge is 2.35. The summed E-state index contributed by atoms with van der Waals surface area (Å²) in [5.41, 5.74) is 1.06. The van der Waals surface area contributed by atoms with Gasteiger partial charge in [-0.05, 0) is 17.7 Å². The lowest BCUT2D eigenvalue weighted by molar-refractivity contribution is -0.137. The molecule has 2 aromatic rings. The van der Waals surface area contributed by atoms with E-state index in [0.717, 1.165) is 25.2 Å². The Hall–Kier alpha value is -1.15. The van der Waals surface area contributed by atoms with Crippen LogP contribution in [0.15, 0.2) is 30.5 Å². The molecule has 1 N–H and O–H groups in total. The van der Waals surface area contributed by atoms with Crippen LogP contribution >= 0.6 is 22.9 Å². The van der Waals surface area contributed by atoms with Gasteiger partial charge in [-0.15, -0.1) is 11.3 Å². The number of piperazine rings is 1. The highest BCUT2D eigenvalue weighted by molar-refractivity contribution is 7.11. The largest absolute Gasteiger partial charge is 0.443 e. The van der Waals surface area contributed by atoms with E-state index < -0.39 is 11.2 Å². The van der Waals surface area contributed by atoms with Gasteiger partial charge in [0.25, 0.3) is 0 Å². The van der Waals surface area contributed by atoms with Crippen LogP contribution in [-0.4, -0.2) is 29.5 Å². The molecule has 1 aromatic carbocycles. The van der Waals surface area contributed by atoms with Gasteiger partial charge in [-0.2, -0.15) is 13.2 Å². The number of benzene rings is 1. The predicted octanol–water partition coefficient (Wildman–Crippen LogP) is 3.96. The quantitative estimate of drug-likeness (QED) is 0.896. The average molecular weight is 362 g/mol. The Morgan fingerprint density at radius 3 is 2.91 bits per heavy atom. The summed E-state index contributed by atoms with van der Waals surface area (Å²) in [6, 6.07) is 7.67. The average Bonchev–Trinajstić information content (AvgIpc) is 2.96. The summed E-state index contributed by atoms with van der Waals surface area (Å²) in [6.45, 7) is 2.76. The number of halogens is 4. The molecule has 1 unspecified atom stereocenters. The zero-order chi connectivity index (χ0) is 16.4. The third kappa shape index (κ3) is 4.03. The molecule has 0 amide bonds. The molecule has 1 aromatic heterocycles. The van der Waals surface area contributed by atoms with Crippen LogP contribution in [0, 0.1) is 0 Å². The van der Waals surface area contributed by atoms with E-state index in [4.69, 9.17) is 11.6 Å². The van der Waals surface area contributed by atoms with E-state index in [9.17, 15) is 13.2 Å². The maximum absolute atomic E-state index is 12.7. The molecule has 23 heavy (non-hydrogen) atoms. The van der Waals surface area contributed by atoms with Crippen LogP contribution in [0.3, 0.4) is 0 Å². The smallest absolute Gasteiger partial charge is 0.314 e. The molecule has 2 heterocycles. The summed E-state index contributed by atoms with van der Waals surface area (Å²) < 4.78 is 38.0. The predicted molar refractivity (Wildman–Crippen MR) is 84.6 cm³/mol. The van der Waals surface area contributed by atoms with Crippen LogP contribution in [0.4, 0.5) is 13.2 Å². The van der Waals surface area contributed by atoms with Crippen LogP contribution in [0.1, 0.15) is 21.5 Å². The number of rotatable bonds is 3. The fourth-order valence-corrected chi connectivity index (χ4v) is 3.69. The van der Waals surface area contributed by atoms with Gasteiger partial charge >= 0.3 is 6.18 Å². The van der Waals surface area contributed by atoms with E-state index >= 15 is 0 Å². The fourth-order valence-electron chi connectivity index (χ4n) is 2.69. The van der Waals surface area contributed by atoms with Crippen LogP contribution in [0.5, 0.6) is 0 Å². The Morgan fingerprint density at radius 1 is 1.39 bits per heavy atom. The maximum atomic E-state index is 12.7. The van der Waals surface area contributed by atoms with Crippen molar-refractivity contribution >= 4 is 22.9 Å². The molecule has 0 radical (unpaired) electrons.